The van der Waals surface area contributed by atoms with Crippen molar-refractivity contribution in [2.24, 2.45) is 13.0 Å². The third-order valence-corrected chi connectivity index (χ3v) is 2.53. The average Bonchev–Trinajstić information content (AvgIpc) is 2.90. The molecule has 1 heterocycles. The van der Waals surface area contributed by atoms with Gasteiger partial charge in [-0.2, -0.15) is 0 Å². The van der Waals surface area contributed by atoms with Gasteiger partial charge in [0.25, 0.3) is 0 Å². The molecule has 0 aromatic carbocycles. The van der Waals surface area contributed by atoms with Gasteiger partial charge in [0.05, 0.1) is 6.20 Å². The monoisotopic (exact) mass is 195 g/mol. The fourth-order valence-electron chi connectivity index (χ4n) is 1.57. The van der Waals surface area contributed by atoms with Crippen molar-refractivity contribution in [2.75, 3.05) is 7.11 Å². The van der Waals surface area contributed by atoms with E-state index in [1.165, 1.54) is 10.9 Å². The number of carbonyl (C=O) groups is 1. The number of carbonyl (C=O) groups excluding carboxylic acids is 1. The van der Waals surface area contributed by atoms with Crippen LogP contribution in [0, 0.1) is 5.92 Å². The maximum absolute atomic E-state index is 11.9. The van der Waals surface area contributed by atoms with Gasteiger partial charge in [-0.15, -0.1) is 5.10 Å². The Balaban J connectivity index is 2.17. The van der Waals surface area contributed by atoms with Crippen molar-refractivity contribution in [3.63, 3.8) is 0 Å². The highest BCUT2D eigenvalue weighted by Gasteiger charge is 2.37. The van der Waals surface area contributed by atoms with Crippen LogP contribution >= 0.6 is 0 Å². The van der Waals surface area contributed by atoms with Crippen LogP contribution < -0.4 is 0 Å². The Morgan fingerprint density at radius 1 is 1.71 bits per heavy atom. The summed E-state index contributed by atoms with van der Waals surface area (Å²) in [5.74, 6) is 0.380. The number of ether oxygens (including phenoxy) is 1. The van der Waals surface area contributed by atoms with Crippen molar-refractivity contribution in [1.82, 2.24) is 15.0 Å². The molecule has 2 rings (SSSR count). The van der Waals surface area contributed by atoms with Gasteiger partial charge in [-0.3, -0.25) is 4.79 Å². The number of aryl methyl sites for hydroxylation is 1. The van der Waals surface area contributed by atoms with Gasteiger partial charge in [-0.1, -0.05) is 5.21 Å². The van der Waals surface area contributed by atoms with Crippen LogP contribution in [0.2, 0.25) is 0 Å². The largest absolute Gasteiger partial charge is 0.373 e. The van der Waals surface area contributed by atoms with Crippen LogP contribution in [0.1, 0.15) is 23.3 Å². The van der Waals surface area contributed by atoms with Crippen LogP contribution in [-0.2, 0) is 11.8 Å². The van der Waals surface area contributed by atoms with Gasteiger partial charge >= 0.3 is 0 Å². The van der Waals surface area contributed by atoms with Crippen LogP contribution in [-0.4, -0.2) is 34.0 Å². The Morgan fingerprint density at radius 3 is 2.86 bits per heavy atom. The molecule has 14 heavy (non-hydrogen) atoms. The first-order chi connectivity index (χ1) is 6.74. The number of aromatic nitrogens is 3. The highest BCUT2D eigenvalue weighted by molar-refractivity contribution is 5.98. The van der Waals surface area contributed by atoms with Crippen molar-refractivity contribution in [3.05, 3.63) is 11.9 Å². The summed E-state index contributed by atoms with van der Waals surface area (Å²) >= 11 is 0. The van der Waals surface area contributed by atoms with E-state index in [2.05, 4.69) is 10.3 Å². The van der Waals surface area contributed by atoms with E-state index in [0.717, 1.165) is 12.8 Å². The van der Waals surface area contributed by atoms with E-state index >= 15 is 0 Å². The Kier molecular flexibility index (Phi) is 2.33. The van der Waals surface area contributed by atoms with Gasteiger partial charge < -0.3 is 4.74 Å². The second-order valence-corrected chi connectivity index (χ2v) is 3.60. The zero-order chi connectivity index (χ0) is 10.1. The molecule has 1 saturated carbocycles. The minimum Gasteiger partial charge on any atom is -0.373 e. The molecule has 0 bridgehead atoms. The Labute approximate surface area is 82.1 Å². The fraction of sp³-hybridized carbons (Fsp3) is 0.667. The molecule has 0 spiro atoms. The quantitative estimate of drug-likeness (QED) is 0.653. The number of hydrogen-bond acceptors (Lipinski definition) is 4. The Morgan fingerprint density at radius 2 is 2.43 bits per heavy atom. The van der Waals surface area contributed by atoms with E-state index in [9.17, 15) is 4.79 Å². The maximum Gasteiger partial charge on any atom is 0.211 e. The molecule has 0 saturated heterocycles. The summed E-state index contributed by atoms with van der Waals surface area (Å²) < 4.78 is 6.68. The predicted molar refractivity (Wildman–Crippen MR) is 48.9 cm³/mol. The van der Waals surface area contributed by atoms with Gasteiger partial charge in [-0.05, 0) is 18.8 Å². The molecule has 1 aromatic heterocycles. The van der Waals surface area contributed by atoms with Crippen molar-refractivity contribution in [3.8, 4) is 0 Å². The van der Waals surface area contributed by atoms with Crippen molar-refractivity contribution < 1.29 is 9.53 Å². The summed E-state index contributed by atoms with van der Waals surface area (Å²) in [6.07, 6.45) is 3.33. The zero-order valence-corrected chi connectivity index (χ0v) is 8.30. The second-order valence-electron chi connectivity index (χ2n) is 3.60. The first-order valence-electron chi connectivity index (χ1n) is 4.65. The summed E-state index contributed by atoms with van der Waals surface area (Å²) in [6, 6.07) is 0. The average molecular weight is 195 g/mol. The molecule has 1 atom stereocenters. The maximum atomic E-state index is 11.9. The standard InChI is InChI=1S/C9H13N3O2/c1-12-7(5-10-11-12)8(13)9(14-2)6-3-4-6/h5-6,9H,3-4H2,1-2H3. The molecule has 1 fully saturated rings. The number of ketones is 1. The molecule has 1 unspecified atom stereocenters. The molecule has 1 aromatic rings. The summed E-state index contributed by atoms with van der Waals surface area (Å²) in [5, 5.41) is 7.40. The lowest BCUT2D eigenvalue weighted by Crippen LogP contribution is -2.27. The van der Waals surface area contributed by atoms with Gasteiger partial charge in [0.15, 0.2) is 0 Å². The smallest absolute Gasteiger partial charge is 0.211 e. The van der Waals surface area contributed by atoms with Crippen LogP contribution in [0.25, 0.3) is 0 Å². The lowest BCUT2D eigenvalue weighted by Gasteiger charge is -2.11. The summed E-state index contributed by atoms with van der Waals surface area (Å²) in [6.45, 7) is 0. The van der Waals surface area contributed by atoms with E-state index in [-0.39, 0.29) is 11.9 Å². The van der Waals surface area contributed by atoms with Crippen molar-refractivity contribution >= 4 is 5.78 Å². The molecule has 0 N–H and O–H groups in total. The second kappa shape index (κ2) is 3.49. The van der Waals surface area contributed by atoms with Crippen molar-refractivity contribution in [1.29, 1.82) is 0 Å². The van der Waals surface area contributed by atoms with E-state index < -0.39 is 0 Å². The third kappa shape index (κ3) is 1.55. The molecule has 0 aliphatic heterocycles. The zero-order valence-electron chi connectivity index (χ0n) is 8.30. The number of methoxy groups -OCH3 is 1. The Hall–Kier alpha value is -1.23. The number of rotatable bonds is 4. The van der Waals surface area contributed by atoms with Crippen LogP contribution in [0.4, 0.5) is 0 Å². The van der Waals surface area contributed by atoms with E-state index in [1.54, 1.807) is 14.2 Å². The number of hydrogen-bond donors (Lipinski definition) is 0. The molecule has 76 valence electrons. The molecular formula is C9H13N3O2. The van der Waals surface area contributed by atoms with Crippen LogP contribution in [0.5, 0.6) is 0 Å². The summed E-state index contributed by atoms with van der Waals surface area (Å²) in [5.41, 5.74) is 0.517. The number of nitrogens with zero attached hydrogens (tertiary/aromatic N) is 3. The van der Waals surface area contributed by atoms with Gasteiger partial charge in [0.2, 0.25) is 5.78 Å². The van der Waals surface area contributed by atoms with Gasteiger partial charge in [0.1, 0.15) is 11.8 Å². The van der Waals surface area contributed by atoms with Gasteiger partial charge in [-0.25, -0.2) is 4.68 Å². The summed E-state index contributed by atoms with van der Waals surface area (Å²) in [7, 11) is 3.28. The molecule has 5 nitrogen and oxygen atoms in total. The van der Waals surface area contributed by atoms with Crippen molar-refractivity contribution in [2.45, 2.75) is 18.9 Å². The molecule has 5 heteroatoms. The highest BCUT2D eigenvalue weighted by atomic mass is 16.5. The summed E-state index contributed by atoms with van der Waals surface area (Å²) in [4.78, 5) is 11.9. The fourth-order valence-corrected chi connectivity index (χ4v) is 1.57. The molecule has 0 radical (unpaired) electrons. The van der Waals surface area contributed by atoms with Gasteiger partial charge in [0, 0.05) is 14.2 Å². The van der Waals surface area contributed by atoms with E-state index in [1.807, 2.05) is 0 Å². The van der Waals surface area contributed by atoms with Crippen LogP contribution in [0.3, 0.4) is 0 Å². The molecule has 1 aliphatic carbocycles. The molecule has 0 amide bonds. The van der Waals surface area contributed by atoms with E-state index in [0.29, 0.717) is 11.6 Å². The lowest BCUT2D eigenvalue weighted by atomic mass is 10.1. The normalized spacial score (nSPS) is 18.1. The first kappa shape index (κ1) is 9.33. The third-order valence-electron chi connectivity index (χ3n) is 2.53. The van der Waals surface area contributed by atoms with Crippen LogP contribution in [0.15, 0.2) is 6.20 Å². The first-order valence-corrected chi connectivity index (χ1v) is 4.65. The molecular weight excluding hydrogens is 182 g/mol. The minimum absolute atomic E-state index is 0.0116. The predicted octanol–water partition coefficient (Wildman–Crippen LogP) is 0.423. The molecule has 1 aliphatic rings. The SMILES string of the molecule is COC(C(=O)c1cnnn1C)C1CC1. The minimum atomic E-state index is -0.313. The lowest BCUT2D eigenvalue weighted by molar-refractivity contribution is 0.0530. The number of Topliss-reactive ketones (excluding diaryl/α,β-unsaturated/α-hetero) is 1. The topological polar surface area (TPSA) is 57.0 Å². The Bertz CT molecular complexity index is 344. The highest BCUT2D eigenvalue weighted by Crippen LogP contribution is 2.35. The van der Waals surface area contributed by atoms with E-state index in [4.69, 9.17) is 4.74 Å².